The molecule has 0 aromatic heterocycles. The van der Waals surface area contributed by atoms with Crippen molar-refractivity contribution >= 4 is 13.6 Å². The van der Waals surface area contributed by atoms with E-state index in [1.807, 2.05) is 0 Å². The van der Waals surface area contributed by atoms with Crippen molar-refractivity contribution in [3.63, 3.8) is 0 Å². The second kappa shape index (κ2) is 4.91. The minimum atomic E-state index is -3.25. The van der Waals surface area contributed by atoms with Gasteiger partial charge in [0.1, 0.15) is 0 Å². The first-order valence-corrected chi connectivity index (χ1v) is 6.32. The van der Waals surface area contributed by atoms with Crippen LogP contribution in [0.5, 0.6) is 0 Å². The lowest BCUT2D eigenvalue weighted by Gasteiger charge is -2.21. The lowest BCUT2D eigenvalue weighted by Crippen LogP contribution is -2.12. The Morgan fingerprint density at radius 2 is 2.00 bits per heavy atom. The monoisotopic (exact) mass is 222 g/mol. The van der Waals surface area contributed by atoms with Crippen molar-refractivity contribution in [1.82, 2.24) is 0 Å². The molecular formula is C8H15O5P. The second-order valence-electron chi connectivity index (χ2n) is 2.86. The van der Waals surface area contributed by atoms with E-state index < -0.39 is 13.4 Å². The van der Waals surface area contributed by atoms with Crippen LogP contribution in [0.2, 0.25) is 0 Å². The van der Waals surface area contributed by atoms with E-state index in [9.17, 15) is 9.36 Å². The van der Waals surface area contributed by atoms with E-state index in [1.54, 1.807) is 13.8 Å². The third-order valence-electron chi connectivity index (χ3n) is 1.83. The molecule has 0 aliphatic carbocycles. The van der Waals surface area contributed by atoms with Gasteiger partial charge in [0.05, 0.1) is 13.2 Å². The summed E-state index contributed by atoms with van der Waals surface area (Å²) in [5, 5.41) is 0. The molecule has 1 unspecified atom stereocenters. The fourth-order valence-electron chi connectivity index (χ4n) is 1.30. The molecule has 1 rings (SSSR count). The van der Waals surface area contributed by atoms with E-state index >= 15 is 0 Å². The molecule has 0 saturated carbocycles. The van der Waals surface area contributed by atoms with Crippen molar-refractivity contribution < 1.29 is 23.1 Å². The van der Waals surface area contributed by atoms with Gasteiger partial charge in [-0.05, 0) is 13.8 Å². The zero-order valence-corrected chi connectivity index (χ0v) is 9.29. The molecule has 1 atom stereocenters. The van der Waals surface area contributed by atoms with E-state index in [2.05, 4.69) is 0 Å². The third-order valence-corrected chi connectivity index (χ3v) is 4.14. The van der Waals surface area contributed by atoms with Crippen LogP contribution in [-0.4, -0.2) is 25.0 Å². The van der Waals surface area contributed by atoms with Gasteiger partial charge in [0.25, 0.3) is 0 Å². The van der Waals surface area contributed by atoms with Crippen LogP contribution in [0.25, 0.3) is 0 Å². The van der Waals surface area contributed by atoms with Crippen LogP contribution in [0, 0.1) is 0 Å². The molecule has 0 radical (unpaired) electrons. The van der Waals surface area contributed by atoms with Gasteiger partial charge in [0, 0.05) is 12.8 Å². The first kappa shape index (κ1) is 11.7. The van der Waals surface area contributed by atoms with Crippen LogP contribution in [0.15, 0.2) is 0 Å². The van der Waals surface area contributed by atoms with Gasteiger partial charge in [-0.25, -0.2) is 0 Å². The molecule has 1 saturated heterocycles. The normalized spacial score (nSPS) is 22.4. The smallest absolute Gasteiger partial charge is 0.370 e. The quantitative estimate of drug-likeness (QED) is 0.525. The van der Waals surface area contributed by atoms with Gasteiger partial charge in [-0.3, -0.25) is 9.36 Å². The average molecular weight is 222 g/mol. The van der Waals surface area contributed by atoms with Gasteiger partial charge in [0.2, 0.25) is 5.85 Å². The highest BCUT2D eigenvalue weighted by atomic mass is 31.2. The van der Waals surface area contributed by atoms with Crippen molar-refractivity contribution in [2.24, 2.45) is 0 Å². The fourth-order valence-corrected chi connectivity index (χ4v) is 3.12. The van der Waals surface area contributed by atoms with E-state index in [1.165, 1.54) is 0 Å². The Bertz CT molecular complexity index is 242. The van der Waals surface area contributed by atoms with E-state index in [0.717, 1.165) is 0 Å². The van der Waals surface area contributed by atoms with Crippen LogP contribution in [-0.2, 0) is 23.1 Å². The van der Waals surface area contributed by atoms with E-state index in [0.29, 0.717) is 6.42 Å². The Balaban J connectivity index is 2.66. The third kappa shape index (κ3) is 2.56. The van der Waals surface area contributed by atoms with Crippen LogP contribution < -0.4 is 0 Å². The summed E-state index contributed by atoms with van der Waals surface area (Å²) in [7, 11) is -3.25. The minimum Gasteiger partial charge on any atom is -0.449 e. The molecule has 0 aromatic rings. The summed E-state index contributed by atoms with van der Waals surface area (Å²) in [6.07, 6.45) is 0.699. The number of hydrogen-bond donors (Lipinski definition) is 0. The van der Waals surface area contributed by atoms with Gasteiger partial charge in [-0.15, -0.1) is 0 Å². The topological polar surface area (TPSA) is 61.8 Å². The van der Waals surface area contributed by atoms with E-state index in [-0.39, 0.29) is 25.6 Å². The Morgan fingerprint density at radius 1 is 1.43 bits per heavy atom. The summed E-state index contributed by atoms with van der Waals surface area (Å²) in [4.78, 5) is 10.9. The molecule has 14 heavy (non-hydrogen) atoms. The standard InChI is InChI=1S/C8H15O5P/c1-3-11-14(10,12-4-2)8-6-5-7(9)13-8/h8H,3-6H2,1-2H3. The molecule has 6 heteroatoms. The molecule has 1 fully saturated rings. The number of hydrogen-bond acceptors (Lipinski definition) is 5. The zero-order chi connectivity index (χ0) is 10.6. The van der Waals surface area contributed by atoms with Gasteiger partial charge in [-0.1, -0.05) is 0 Å². The summed E-state index contributed by atoms with van der Waals surface area (Å²) in [6.45, 7) is 4.02. The van der Waals surface area contributed by atoms with Crippen molar-refractivity contribution in [3.8, 4) is 0 Å². The minimum absolute atomic E-state index is 0.283. The first-order chi connectivity index (χ1) is 6.62. The largest absolute Gasteiger partial charge is 0.449 e. The van der Waals surface area contributed by atoms with Crippen molar-refractivity contribution in [1.29, 1.82) is 0 Å². The molecule has 82 valence electrons. The molecule has 1 aliphatic rings. The van der Waals surface area contributed by atoms with Crippen LogP contribution in [0.3, 0.4) is 0 Å². The highest BCUT2D eigenvalue weighted by Crippen LogP contribution is 2.56. The highest BCUT2D eigenvalue weighted by Gasteiger charge is 2.42. The maximum Gasteiger partial charge on any atom is 0.370 e. The van der Waals surface area contributed by atoms with Crippen LogP contribution in [0.1, 0.15) is 26.7 Å². The van der Waals surface area contributed by atoms with Crippen molar-refractivity contribution in [3.05, 3.63) is 0 Å². The molecule has 0 bridgehead atoms. The van der Waals surface area contributed by atoms with Crippen LogP contribution in [0.4, 0.5) is 0 Å². The molecule has 5 nitrogen and oxygen atoms in total. The predicted octanol–water partition coefficient (Wildman–Crippen LogP) is 1.92. The van der Waals surface area contributed by atoms with Gasteiger partial charge in [0.15, 0.2) is 0 Å². The number of carbonyl (C=O) groups excluding carboxylic acids is 1. The number of cyclic esters (lactones) is 1. The predicted molar refractivity (Wildman–Crippen MR) is 50.0 cm³/mol. The Morgan fingerprint density at radius 3 is 2.36 bits per heavy atom. The van der Waals surface area contributed by atoms with E-state index in [4.69, 9.17) is 13.8 Å². The fraction of sp³-hybridized carbons (Fsp3) is 0.875. The maximum absolute atomic E-state index is 12.0. The summed E-state index contributed by atoms with van der Waals surface area (Å²) < 4.78 is 27.0. The Hall–Kier alpha value is -0.380. The molecule has 1 aliphatic heterocycles. The zero-order valence-electron chi connectivity index (χ0n) is 8.39. The van der Waals surface area contributed by atoms with Gasteiger partial charge >= 0.3 is 13.6 Å². The summed E-state index contributed by atoms with van der Waals surface area (Å²) in [5.74, 6) is -1.05. The summed E-state index contributed by atoms with van der Waals surface area (Å²) in [5.41, 5.74) is 0. The van der Waals surface area contributed by atoms with Crippen molar-refractivity contribution in [2.45, 2.75) is 32.5 Å². The molecule has 0 spiro atoms. The van der Waals surface area contributed by atoms with Gasteiger partial charge < -0.3 is 13.8 Å². The van der Waals surface area contributed by atoms with Crippen LogP contribution >= 0.6 is 7.60 Å². The summed E-state index contributed by atoms with van der Waals surface area (Å²) in [6, 6.07) is 0. The Labute approximate surface area is 83.3 Å². The van der Waals surface area contributed by atoms with Gasteiger partial charge in [-0.2, -0.15) is 0 Å². The van der Waals surface area contributed by atoms with Crippen molar-refractivity contribution in [2.75, 3.05) is 13.2 Å². The number of carbonyl (C=O) groups is 1. The Kier molecular flexibility index (Phi) is 4.11. The molecule has 0 aromatic carbocycles. The SMILES string of the molecule is CCOP(=O)(OCC)C1CCC(=O)O1. The average Bonchev–Trinajstić information content (AvgIpc) is 2.53. The molecular weight excluding hydrogens is 207 g/mol. The number of rotatable bonds is 5. The summed E-state index contributed by atoms with van der Waals surface area (Å²) >= 11 is 0. The second-order valence-corrected chi connectivity index (χ2v) is 5.03. The first-order valence-electron chi connectivity index (χ1n) is 4.70. The lowest BCUT2D eigenvalue weighted by molar-refractivity contribution is -0.139. The highest BCUT2D eigenvalue weighted by molar-refractivity contribution is 7.54. The molecule has 0 amide bonds. The lowest BCUT2D eigenvalue weighted by atomic mass is 10.4. The maximum atomic E-state index is 12.0. The number of esters is 1. The number of ether oxygens (including phenoxy) is 1. The molecule has 1 heterocycles. The molecule has 0 N–H and O–H groups in total.